The molecule has 5 heteroatoms. The van der Waals surface area contributed by atoms with Gasteiger partial charge in [-0.15, -0.1) is 0 Å². The summed E-state index contributed by atoms with van der Waals surface area (Å²) in [5.41, 5.74) is 1.87. The third kappa shape index (κ3) is 3.03. The number of carbonyl (C=O) groups is 1. The third-order valence-electron chi connectivity index (χ3n) is 2.61. The number of aromatic carboxylic acids is 1. The number of carboxylic acid groups (broad SMARTS) is 1. The Kier molecular flexibility index (Phi) is 3.71. The van der Waals surface area contributed by atoms with Gasteiger partial charge in [0.2, 0.25) is 5.88 Å². The van der Waals surface area contributed by atoms with E-state index in [1.807, 2.05) is 13.8 Å². The normalized spacial score (nSPS) is 10.3. The van der Waals surface area contributed by atoms with Crippen molar-refractivity contribution in [2.45, 2.75) is 13.8 Å². The lowest BCUT2D eigenvalue weighted by Gasteiger charge is -2.11. The monoisotopic (exact) mass is 277 g/mol. The Labute approximate surface area is 115 Å². The van der Waals surface area contributed by atoms with Gasteiger partial charge in [0.1, 0.15) is 5.75 Å². The predicted molar refractivity (Wildman–Crippen MR) is 72.2 cm³/mol. The summed E-state index contributed by atoms with van der Waals surface area (Å²) in [7, 11) is 0. The van der Waals surface area contributed by atoms with Crippen LogP contribution in [0.15, 0.2) is 30.5 Å². The Morgan fingerprint density at radius 2 is 1.89 bits per heavy atom. The summed E-state index contributed by atoms with van der Waals surface area (Å²) in [6.07, 6.45) is 1.40. The summed E-state index contributed by atoms with van der Waals surface area (Å²) in [5.74, 6) is -0.135. The Bertz CT molecular complexity index is 617. The van der Waals surface area contributed by atoms with Crippen LogP contribution in [0.2, 0.25) is 5.02 Å². The van der Waals surface area contributed by atoms with Crippen LogP contribution in [-0.2, 0) is 0 Å². The molecule has 19 heavy (non-hydrogen) atoms. The predicted octanol–water partition coefficient (Wildman–Crippen LogP) is 3.84. The number of hydrogen-bond donors (Lipinski definition) is 1. The van der Waals surface area contributed by atoms with Crippen LogP contribution < -0.4 is 4.74 Å². The van der Waals surface area contributed by atoms with Crippen LogP contribution in [0.5, 0.6) is 11.6 Å². The van der Waals surface area contributed by atoms with Crippen LogP contribution >= 0.6 is 11.6 Å². The van der Waals surface area contributed by atoms with Crippen LogP contribution in [0.25, 0.3) is 0 Å². The standard InChI is InChI=1S/C14H12ClNO3/c1-8-5-11(15)6-9(2)13(8)19-12-7-10(14(17)18)3-4-16-12/h3-7H,1-2H3,(H,17,18). The van der Waals surface area contributed by atoms with E-state index < -0.39 is 5.97 Å². The Hall–Kier alpha value is -2.07. The minimum Gasteiger partial charge on any atom is -0.478 e. The first kappa shape index (κ1) is 13.4. The Morgan fingerprint density at radius 3 is 2.47 bits per heavy atom. The average molecular weight is 278 g/mol. The van der Waals surface area contributed by atoms with Gasteiger partial charge in [0.05, 0.1) is 5.56 Å². The topological polar surface area (TPSA) is 59.4 Å². The van der Waals surface area contributed by atoms with Gasteiger partial charge in [-0.1, -0.05) is 11.6 Å². The van der Waals surface area contributed by atoms with Gasteiger partial charge in [-0.05, 0) is 43.2 Å². The van der Waals surface area contributed by atoms with E-state index in [0.29, 0.717) is 10.8 Å². The third-order valence-corrected chi connectivity index (χ3v) is 2.83. The van der Waals surface area contributed by atoms with E-state index in [-0.39, 0.29) is 11.4 Å². The molecule has 0 aliphatic carbocycles. The van der Waals surface area contributed by atoms with E-state index in [1.165, 1.54) is 18.3 Å². The van der Waals surface area contributed by atoms with Crippen LogP contribution in [0.4, 0.5) is 0 Å². The maximum Gasteiger partial charge on any atom is 0.335 e. The molecule has 1 heterocycles. The number of benzene rings is 1. The molecule has 0 atom stereocenters. The lowest BCUT2D eigenvalue weighted by atomic mass is 10.1. The van der Waals surface area contributed by atoms with Crippen molar-refractivity contribution in [2.24, 2.45) is 0 Å². The molecular weight excluding hydrogens is 266 g/mol. The summed E-state index contributed by atoms with van der Waals surface area (Å²) >= 11 is 5.94. The number of aryl methyl sites for hydroxylation is 2. The number of carboxylic acids is 1. The van der Waals surface area contributed by atoms with E-state index in [1.54, 1.807) is 12.1 Å². The van der Waals surface area contributed by atoms with Crippen LogP contribution in [0, 0.1) is 13.8 Å². The molecule has 98 valence electrons. The molecule has 0 aliphatic heterocycles. The fourth-order valence-electron chi connectivity index (χ4n) is 1.76. The molecule has 0 fully saturated rings. The van der Waals surface area contributed by atoms with Gasteiger partial charge < -0.3 is 9.84 Å². The van der Waals surface area contributed by atoms with Crippen molar-refractivity contribution in [3.05, 3.63) is 52.2 Å². The quantitative estimate of drug-likeness (QED) is 0.926. The van der Waals surface area contributed by atoms with Crippen molar-refractivity contribution >= 4 is 17.6 Å². The van der Waals surface area contributed by atoms with Crippen molar-refractivity contribution in [1.82, 2.24) is 4.98 Å². The largest absolute Gasteiger partial charge is 0.478 e. The van der Waals surface area contributed by atoms with Crippen LogP contribution in [0.1, 0.15) is 21.5 Å². The maximum atomic E-state index is 10.9. The molecule has 0 aliphatic rings. The summed E-state index contributed by atoms with van der Waals surface area (Å²) < 4.78 is 5.65. The zero-order valence-electron chi connectivity index (χ0n) is 10.5. The zero-order chi connectivity index (χ0) is 14.0. The van der Waals surface area contributed by atoms with Gasteiger partial charge in [0.15, 0.2) is 0 Å². The molecule has 1 N–H and O–H groups in total. The number of pyridine rings is 1. The van der Waals surface area contributed by atoms with E-state index in [4.69, 9.17) is 21.4 Å². The highest BCUT2D eigenvalue weighted by molar-refractivity contribution is 6.30. The average Bonchev–Trinajstić information content (AvgIpc) is 2.34. The second kappa shape index (κ2) is 5.28. The second-order valence-electron chi connectivity index (χ2n) is 4.16. The van der Waals surface area contributed by atoms with E-state index in [0.717, 1.165) is 11.1 Å². The van der Waals surface area contributed by atoms with Crippen molar-refractivity contribution < 1.29 is 14.6 Å². The highest BCUT2D eigenvalue weighted by atomic mass is 35.5. The molecule has 2 aromatic rings. The molecule has 0 amide bonds. The summed E-state index contributed by atoms with van der Waals surface area (Å²) in [6.45, 7) is 3.74. The van der Waals surface area contributed by atoms with Crippen molar-refractivity contribution in [2.75, 3.05) is 0 Å². The van der Waals surface area contributed by atoms with Crippen molar-refractivity contribution in [1.29, 1.82) is 0 Å². The smallest absolute Gasteiger partial charge is 0.335 e. The molecule has 4 nitrogen and oxygen atoms in total. The number of rotatable bonds is 3. The van der Waals surface area contributed by atoms with Crippen LogP contribution in [0.3, 0.4) is 0 Å². The van der Waals surface area contributed by atoms with Gasteiger partial charge in [-0.25, -0.2) is 9.78 Å². The fraction of sp³-hybridized carbons (Fsp3) is 0.143. The molecular formula is C14H12ClNO3. The number of hydrogen-bond acceptors (Lipinski definition) is 3. The highest BCUT2D eigenvalue weighted by Gasteiger charge is 2.10. The van der Waals surface area contributed by atoms with Gasteiger partial charge >= 0.3 is 5.97 Å². The number of ether oxygens (including phenoxy) is 1. The summed E-state index contributed by atoms with van der Waals surface area (Å²) in [6, 6.07) is 6.36. The minimum absolute atomic E-state index is 0.134. The molecule has 2 rings (SSSR count). The Balaban J connectivity index is 2.36. The maximum absolute atomic E-state index is 10.9. The van der Waals surface area contributed by atoms with Crippen LogP contribution in [-0.4, -0.2) is 16.1 Å². The van der Waals surface area contributed by atoms with E-state index in [2.05, 4.69) is 4.98 Å². The second-order valence-corrected chi connectivity index (χ2v) is 4.60. The van der Waals surface area contributed by atoms with E-state index in [9.17, 15) is 4.79 Å². The molecule has 0 spiro atoms. The molecule has 0 saturated heterocycles. The Morgan fingerprint density at radius 1 is 1.26 bits per heavy atom. The first-order valence-electron chi connectivity index (χ1n) is 5.61. The summed E-state index contributed by atoms with van der Waals surface area (Å²) in [4.78, 5) is 14.9. The van der Waals surface area contributed by atoms with E-state index >= 15 is 0 Å². The lowest BCUT2D eigenvalue weighted by Crippen LogP contribution is -1.99. The number of nitrogens with zero attached hydrogens (tertiary/aromatic N) is 1. The number of aromatic nitrogens is 1. The van der Waals surface area contributed by atoms with Gasteiger partial charge in [0, 0.05) is 17.3 Å². The molecule has 0 radical (unpaired) electrons. The van der Waals surface area contributed by atoms with Gasteiger partial charge in [0.25, 0.3) is 0 Å². The summed E-state index contributed by atoms with van der Waals surface area (Å²) in [5, 5.41) is 9.55. The highest BCUT2D eigenvalue weighted by Crippen LogP contribution is 2.30. The van der Waals surface area contributed by atoms with Crippen molar-refractivity contribution in [3.8, 4) is 11.6 Å². The molecule has 1 aromatic carbocycles. The van der Waals surface area contributed by atoms with Gasteiger partial charge in [-0.3, -0.25) is 0 Å². The minimum atomic E-state index is -1.02. The first-order valence-corrected chi connectivity index (χ1v) is 5.99. The van der Waals surface area contributed by atoms with Crippen molar-refractivity contribution in [3.63, 3.8) is 0 Å². The first-order chi connectivity index (χ1) is 8.97. The molecule has 0 unspecified atom stereocenters. The lowest BCUT2D eigenvalue weighted by molar-refractivity contribution is 0.0696. The zero-order valence-corrected chi connectivity index (χ0v) is 11.2. The molecule has 1 aromatic heterocycles. The number of halogens is 1. The molecule has 0 bridgehead atoms. The van der Waals surface area contributed by atoms with Gasteiger partial charge in [-0.2, -0.15) is 0 Å². The SMILES string of the molecule is Cc1cc(Cl)cc(C)c1Oc1cc(C(=O)O)ccn1. The fourth-order valence-corrected chi connectivity index (χ4v) is 2.09. The molecule has 0 saturated carbocycles.